The van der Waals surface area contributed by atoms with Gasteiger partial charge < -0.3 is 15.4 Å². The molecular weight excluding hydrogens is 570 g/mol. The predicted molar refractivity (Wildman–Crippen MR) is 161 cm³/mol. The number of nitrogens with two attached hydrogens (primary N) is 1. The second-order valence-electron chi connectivity index (χ2n) is 10.0. The lowest BCUT2D eigenvalue weighted by Crippen LogP contribution is -2.43. The van der Waals surface area contributed by atoms with Crippen LogP contribution < -0.4 is 15.2 Å². The van der Waals surface area contributed by atoms with Crippen molar-refractivity contribution in [3.8, 4) is 22.8 Å². The number of amides is 1. The highest BCUT2D eigenvalue weighted by Crippen LogP contribution is 2.35. The van der Waals surface area contributed by atoms with E-state index in [1.54, 1.807) is 39.9 Å². The van der Waals surface area contributed by atoms with Crippen LogP contribution >= 0.6 is 0 Å². The van der Waals surface area contributed by atoms with Crippen molar-refractivity contribution in [3.05, 3.63) is 91.3 Å². The summed E-state index contributed by atoms with van der Waals surface area (Å²) in [6.45, 7) is 0.155. The molecule has 0 aliphatic carbocycles. The molecule has 1 saturated heterocycles. The van der Waals surface area contributed by atoms with Gasteiger partial charge in [0.15, 0.2) is 5.65 Å². The minimum Gasteiger partial charge on any atom is -0.457 e. The number of hydrogen-bond donors (Lipinski definition) is 2. The summed E-state index contributed by atoms with van der Waals surface area (Å²) in [5.41, 5.74) is 8.62. The Balaban J connectivity index is 1.19. The summed E-state index contributed by atoms with van der Waals surface area (Å²) in [5.74, 6) is 1.26. The smallest absolute Gasteiger partial charge is 0.360 e. The Kier molecular flexibility index (Phi) is 7.90. The summed E-state index contributed by atoms with van der Waals surface area (Å²) in [5, 5.41) is 5.52. The second kappa shape index (κ2) is 12.1. The lowest BCUT2D eigenvalue weighted by Gasteiger charge is -2.32. The van der Waals surface area contributed by atoms with E-state index in [0.29, 0.717) is 53.5 Å². The molecule has 1 amide bonds. The summed E-state index contributed by atoms with van der Waals surface area (Å²) in [4.78, 5) is 23.3. The van der Waals surface area contributed by atoms with Gasteiger partial charge in [0.25, 0.3) is 0 Å². The van der Waals surface area contributed by atoms with Crippen molar-refractivity contribution in [2.75, 3.05) is 30.2 Å². The van der Waals surface area contributed by atoms with Gasteiger partial charge in [-0.2, -0.15) is 13.5 Å². The molecule has 5 aromatic rings. The first-order valence-electron chi connectivity index (χ1n) is 13.7. The van der Waals surface area contributed by atoms with Gasteiger partial charge in [0.05, 0.1) is 17.1 Å². The molecule has 3 heterocycles. The van der Waals surface area contributed by atoms with Gasteiger partial charge in [-0.3, -0.25) is 9.52 Å². The first-order chi connectivity index (χ1) is 20.9. The third kappa shape index (κ3) is 6.42. The van der Waals surface area contributed by atoms with Crippen LogP contribution in [0.3, 0.4) is 0 Å². The molecule has 0 saturated carbocycles. The van der Waals surface area contributed by atoms with Crippen LogP contribution in [0.1, 0.15) is 18.9 Å². The van der Waals surface area contributed by atoms with E-state index in [1.807, 2.05) is 54.6 Å². The monoisotopic (exact) mass is 599 g/mol. The minimum atomic E-state index is -4.17. The average molecular weight is 600 g/mol. The Labute approximate surface area is 248 Å². The number of nitrogen functional groups attached to an aromatic ring is 1. The number of piperidine rings is 1. The lowest BCUT2D eigenvalue weighted by atomic mass is 10.1. The van der Waals surface area contributed by atoms with E-state index >= 15 is 0 Å². The number of nitrogens with one attached hydrogen (secondary N) is 1. The third-order valence-electron chi connectivity index (χ3n) is 7.07. The topological polar surface area (TPSA) is 155 Å². The zero-order chi connectivity index (χ0) is 29.8. The maximum Gasteiger partial charge on any atom is 0.360 e. The molecular formula is C30H29N7O5S. The number of anilines is 2. The van der Waals surface area contributed by atoms with Crippen molar-refractivity contribution in [1.29, 1.82) is 0 Å². The number of benzene rings is 3. The van der Waals surface area contributed by atoms with Crippen LogP contribution in [0.5, 0.6) is 11.5 Å². The first kappa shape index (κ1) is 28.1. The Hall–Kier alpha value is -5.01. The number of carbonyl (C=O) groups excluding carboxylic acids is 1. The fraction of sp³-hybridized carbons (Fsp3) is 0.200. The van der Waals surface area contributed by atoms with E-state index in [0.717, 1.165) is 17.7 Å². The molecule has 0 bridgehead atoms. The number of nitrogens with zero attached hydrogens (tertiary/aromatic N) is 5. The molecule has 3 N–H and O–H groups in total. The molecule has 220 valence electrons. The van der Waals surface area contributed by atoms with Crippen LogP contribution in [-0.2, 0) is 19.3 Å². The Morgan fingerprint density at radius 2 is 1.65 bits per heavy atom. The highest BCUT2D eigenvalue weighted by atomic mass is 32.2. The van der Waals surface area contributed by atoms with E-state index in [-0.39, 0.29) is 6.04 Å². The van der Waals surface area contributed by atoms with Crippen molar-refractivity contribution in [2.24, 2.45) is 0 Å². The number of fused-ring (bicyclic) bond motifs is 1. The maximum absolute atomic E-state index is 13.0. The van der Waals surface area contributed by atoms with Crippen molar-refractivity contribution in [2.45, 2.75) is 18.9 Å². The first-order valence-corrected chi connectivity index (χ1v) is 15.1. The molecule has 12 nitrogen and oxygen atoms in total. The number of carbonyl (C=O) groups is 1. The average Bonchev–Trinajstić information content (AvgIpc) is 3.42. The quantitative estimate of drug-likeness (QED) is 0.251. The molecule has 3 aromatic carbocycles. The molecule has 1 aliphatic heterocycles. The maximum atomic E-state index is 13.0. The van der Waals surface area contributed by atoms with E-state index in [1.165, 1.54) is 6.33 Å². The van der Waals surface area contributed by atoms with Gasteiger partial charge in [-0.1, -0.05) is 36.4 Å². The van der Waals surface area contributed by atoms with Crippen LogP contribution in [0.15, 0.2) is 91.3 Å². The number of likely N-dealkylation sites (tertiary alicyclic amines) is 1. The fourth-order valence-corrected chi connectivity index (χ4v) is 5.78. The summed E-state index contributed by atoms with van der Waals surface area (Å²) in [7, 11) is -4.17. The minimum absolute atomic E-state index is 0.219. The van der Waals surface area contributed by atoms with Gasteiger partial charge in [0.1, 0.15) is 35.9 Å². The Bertz CT molecular complexity index is 1830. The van der Waals surface area contributed by atoms with Gasteiger partial charge in [-0.25, -0.2) is 18.8 Å². The zero-order valence-electron chi connectivity index (χ0n) is 23.0. The molecule has 13 heteroatoms. The van der Waals surface area contributed by atoms with Crippen LogP contribution in [0.2, 0.25) is 0 Å². The van der Waals surface area contributed by atoms with Crippen LogP contribution in [0.25, 0.3) is 22.3 Å². The summed E-state index contributed by atoms with van der Waals surface area (Å²) < 4.78 is 39.7. The van der Waals surface area contributed by atoms with Crippen molar-refractivity contribution in [1.82, 2.24) is 24.6 Å². The van der Waals surface area contributed by atoms with E-state index in [2.05, 4.69) is 14.7 Å². The van der Waals surface area contributed by atoms with Crippen LogP contribution in [0.4, 0.5) is 11.5 Å². The van der Waals surface area contributed by atoms with Crippen LogP contribution in [0, 0.1) is 0 Å². The van der Waals surface area contributed by atoms with Gasteiger partial charge in [-0.05, 0) is 61.4 Å². The predicted octanol–water partition coefficient (Wildman–Crippen LogP) is 4.40. The highest BCUT2D eigenvalue weighted by Gasteiger charge is 2.29. The molecule has 0 radical (unpaired) electrons. The number of hydrogen-bond acceptors (Lipinski definition) is 9. The second-order valence-corrected chi connectivity index (χ2v) is 11.4. The number of para-hydroxylation sites is 2. The molecule has 0 spiro atoms. The summed E-state index contributed by atoms with van der Waals surface area (Å²) in [6, 6.07) is 25.1. The highest BCUT2D eigenvalue weighted by molar-refractivity contribution is 7.88. The number of rotatable bonds is 9. The van der Waals surface area contributed by atoms with Gasteiger partial charge in [0.2, 0.25) is 5.91 Å². The van der Waals surface area contributed by atoms with Crippen LogP contribution in [-0.4, -0.2) is 58.7 Å². The Morgan fingerprint density at radius 1 is 0.953 bits per heavy atom. The van der Waals surface area contributed by atoms with Gasteiger partial charge >= 0.3 is 10.3 Å². The van der Waals surface area contributed by atoms with E-state index < -0.39 is 22.8 Å². The Morgan fingerprint density at radius 3 is 2.40 bits per heavy atom. The molecule has 1 fully saturated rings. The number of aromatic nitrogens is 4. The molecule has 0 unspecified atom stereocenters. The molecule has 6 rings (SSSR count). The third-order valence-corrected chi connectivity index (χ3v) is 7.99. The SMILES string of the molecule is Nc1ncnc2c1c(-c1ccc(Oc3ccccc3)cc1)nn2[C@@H]1CCCN(C(=O)COS(=O)(=O)Nc2ccccc2)C1. The van der Waals surface area contributed by atoms with Gasteiger partial charge in [0, 0.05) is 18.7 Å². The summed E-state index contributed by atoms with van der Waals surface area (Å²) in [6.07, 6.45) is 2.82. The normalized spacial score (nSPS) is 15.3. The molecule has 1 atom stereocenters. The molecule has 43 heavy (non-hydrogen) atoms. The standard InChI is InChI=1S/C30H29N7O5S/c31-29-27-28(21-13-15-25(16-14-21)42-24-11-5-2-6-12-24)34-37(30(27)33-20-32-29)23-10-7-17-36(18-23)26(38)19-41-43(39,40)35-22-8-3-1-4-9-22/h1-6,8-9,11-16,20,23,35H,7,10,17-19H2,(H2,31,32,33)/t23-/m1/s1. The molecule has 1 aliphatic rings. The van der Waals surface area contributed by atoms with Gasteiger partial charge in [-0.15, -0.1) is 0 Å². The zero-order valence-corrected chi connectivity index (χ0v) is 23.9. The van der Waals surface area contributed by atoms with Crippen molar-refractivity contribution < 1.29 is 22.1 Å². The lowest BCUT2D eigenvalue weighted by molar-refractivity contribution is -0.135. The summed E-state index contributed by atoms with van der Waals surface area (Å²) >= 11 is 0. The molecule has 2 aromatic heterocycles. The van der Waals surface area contributed by atoms with E-state index in [9.17, 15) is 13.2 Å². The fourth-order valence-electron chi connectivity index (χ4n) is 5.04. The van der Waals surface area contributed by atoms with Crippen molar-refractivity contribution in [3.63, 3.8) is 0 Å². The largest absolute Gasteiger partial charge is 0.457 e. The van der Waals surface area contributed by atoms with E-state index in [4.69, 9.17) is 19.8 Å². The van der Waals surface area contributed by atoms with Crippen molar-refractivity contribution >= 4 is 38.7 Å². The number of ether oxygens (including phenoxy) is 1.